The fourth-order valence-electron chi connectivity index (χ4n) is 3.26. The first-order valence-electron chi connectivity index (χ1n) is 7.93. The van der Waals surface area contributed by atoms with Crippen LogP contribution in [0.25, 0.3) is 10.9 Å². The van der Waals surface area contributed by atoms with Gasteiger partial charge in [-0.1, -0.05) is 30.3 Å². The van der Waals surface area contributed by atoms with Crippen LogP contribution in [0.15, 0.2) is 48.5 Å². The Morgan fingerprint density at radius 3 is 2.42 bits per heavy atom. The molecular formula is C19H21N3O2. The van der Waals surface area contributed by atoms with E-state index in [1.54, 1.807) is 0 Å². The Morgan fingerprint density at radius 1 is 1.12 bits per heavy atom. The Balaban J connectivity index is 2.12. The molecule has 0 radical (unpaired) electrons. The summed E-state index contributed by atoms with van der Waals surface area (Å²) in [5.41, 5.74) is 5.06. The van der Waals surface area contributed by atoms with E-state index in [9.17, 15) is 10.1 Å². The highest BCUT2D eigenvalue weighted by molar-refractivity contribution is 5.85. The van der Waals surface area contributed by atoms with Gasteiger partial charge in [0.15, 0.2) is 0 Å². The summed E-state index contributed by atoms with van der Waals surface area (Å²) < 4.78 is 0. The number of nitrogens with zero attached hydrogens (tertiary/aromatic N) is 2. The summed E-state index contributed by atoms with van der Waals surface area (Å²) in [4.78, 5) is 16.4. The standard InChI is InChI=1S/C19H21N3O2/c1-13-19(16-6-4-5-7-18(16)20-13)17(12-22(23)24)14-8-10-15(11-9-14)21(2)3/h4-11,17,20H,12H2,1-3H3. The topological polar surface area (TPSA) is 62.2 Å². The molecule has 0 bridgehead atoms. The second-order valence-electron chi connectivity index (χ2n) is 6.26. The van der Waals surface area contributed by atoms with E-state index in [1.807, 2.05) is 74.4 Å². The van der Waals surface area contributed by atoms with Crippen molar-refractivity contribution < 1.29 is 4.92 Å². The molecular weight excluding hydrogens is 302 g/mol. The molecule has 3 rings (SSSR count). The lowest BCUT2D eigenvalue weighted by Crippen LogP contribution is -2.15. The molecule has 5 nitrogen and oxygen atoms in total. The third-order valence-electron chi connectivity index (χ3n) is 4.44. The lowest BCUT2D eigenvalue weighted by molar-refractivity contribution is -0.481. The molecule has 1 aromatic heterocycles. The van der Waals surface area contributed by atoms with Gasteiger partial charge in [0.1, 0.15) is 0 Å². The minimum absolute atomic E-state index is 0.121. The number of para-hydroxylation sites is 1. The maximum atomic E-state index is 11.3. The Morgan fingerprint density at radius 2 is 1.79 bits per heavy atom. The largest absolute Gasteiger partial charge is 0.378 e. The number of nitrogens with one attached hydrogen (secondary N) is 1. The van der Waals surface area contributed by atoms with Gasteiger partial charge < -0.3 is 9.88 Å². The van der Waals surface area contributed by atoms with Crippen LogP contribution in [0.1, 0.15) is 22.7 Å². The first-order valence-corrected chi connectivity index (χ1v) is 7.93. The molecule has 0 aliphatic carbocycles. The second kappa shape index (κ2) is 6.35. The molecule has 0 spiro atoms. The zero-order chi connectivity index (χ0) is 17.3. The summed E-state index contributed by atoms with van der Waals surface area (Å²) in [5.74, 6) is -0.271. The zero-order valence-corrected chi connectivity index (χ0v) is 14.1. The van der Waals surface area contributed by atoms with Crippen molar-refractivity contribution in [2.75, 3.05) is 25.5 Å². The van der Waals surface area contributed by atoms with Crippen LogP contribution >= 0.6 is 0 Å². The van der Waals surface area contributed by atoms with Crippen molar-refractivity contribution in [3.63, 3.8) is 0 Å². The SMILES string of the molecule is Cc1[nH]c2ccccc2c1C(C[N+](=O)[O-])c1ccc(N(C)C)cc1. The molecule has 24 heavy (non-hydrogen) atoms. The summed E-state index contributed by atoms with van der Waals surface area (Å²) in [7, 11) is 3.96. The molecule has 0 aliphatic heterocycles. The number of hydrogen-bond donors (Lipinski definition) is 1. The highest BCUT2D eigenvalue weighted by atomic mass is 16.6. The third kappa shape index (κ3) is 2.97. The molecule has 0 fully saturated rings. The van der Waals surface area contributed by atoms with Crippen molar-refractivity contribution in [1.29, 1.82) is 0 Å². The van der Waals surface area contributed by atoms with Crippen LogP contribution in [0.2, 0.25) is 0 Å². The number of rotatable bonds is 5. The average Bonchev–Trinajstić information content (AvgIpc) is 2.88. The first kappa shape index (κ1) is 16.1. The van der Waals surface area contributed by atoms with Crippen molar-refractivity contribution >= 4 is 16.6 Å². The lowest BCUT2D eigenvalue weighted by Gasteiger charge is -2.17. The molecule has 2 aromatic carbocycles. The van der Waals surface area contributed by atoms with Crippen LogP contribution in [0, 0.1) is 17.0 Å². The van der Waals surface area contributed by atoms with Gasteiger partial charge in [-0.3, -0.25) is 10.1 Å². The number of hydrogen-bond acceptors (Lipinski definition) is 3. The number of benzene rings is 2. The Bertz CT molecular complexity index is 866. The quantitative estimate of drug-likeness (QED) is 0.571. The molecule has 1 unspecified atom stereocenters. The van der Waals surface area contributed by atoms with E-state index in [1.165, 1.54) is 0 Å². The third-order valence-corrected chi connectivity index (χ3v) is 4.44. The molecule has 0 saturated carbocycles. The molecule has 124 valence electrons. The van der Waals surface area contributed by atoms with E-state index < -0.39 is 0 Å². The molecule has 0 amide bonds. The van der Waals surface area contributed by atoms with Crippen LogP contribution in [-0.4, -0.2) is 30.5 Å². The van der Waals surface area contributed by atoms with Gasteiger partial charge in [0.25, 0.3) is 0 Å². The van der Waals surface area contributed by atoms with Gasteiger partial charge in [0.2, 0.25) is 6.54 Å². The van der Waals surface area contributed by atoms with Crippen molar-refractivity contribution in [1.82, 2.24) is 4.98 Å². The maximum Gasteiger partial charge on any atom is 0.214 e. The molecule has 0 aliphatic rings. The van der Waals surface area contributed by atoms with Crippen LogP contribution in [0.3, 0.4) is 0 Å². The van der Waals surface area contributed by atoms with Crippen molar-refractivity contribution in [2.24, 2.45) is 0 Å². The number of nitro groups is 1. The van der Waals surface area contributed by atoms with E-state index in [0.29, 0.717) is 0 Å². The van der Waals surface area contributed by atoms with Crippen LogP contribution in [0.4, 0.5) is 5.69 Å². The molecule has 5 heteroatoms. The maximum absolute atomic E-state index is 11.3. The highest BCUT2D eigenvalue weighted by Gasteiger charge is 2.25. The van der Waals surface area contributed by atoms with Crippen molar-refractivity contribution in [3.8, 4) is 0 Å². The molecule has 1 atom stereocenters. The number of aryl methyl sites for hydroxylation is 1. The van der Waals surface area contributed by atoms with E-state index in [2.05, 4.69) is 4.98 Å². The fourth-order valence-corrected chi connectivity index (χ4v) is 3.26. The zero-order valence-electron chi connectivity index (χ0n) is 14.1. The van der Waals surface area contributed by atoms with Crippen molar-refractivity contribution in [3.05, 3.63) is 75.5 Å². The Labute approximate surface area is 141 Å². The minimum atomic E-state index is -0.271. The Hall–Kier alpha value is -2.82. The van der Waals surface area contributed by atoms with Gasteiger partial charge in [0.05, 0.1) is 5.92 Å². The summed E-state index contributed by atoms with van der Waals surface area (Å²) in [6.07, 6.45) is 0. The average molecular weight is 323 g/mol. The van der Waals surface area contributed by atoms with Gasteiger partial charge in [0, 0.05) is 41.3 Å². The van der Waals surface area contributed by atoms with Crippen molar-refractivity contribution in [2.45, 2.75) is 12.8 Å². The highest BCUT2D eigenvalue weighted by Crippen LogP contribution is 2.34. The van der Waals surface area contributed by atoms with Gasteiger partial charge in [-0.2, -0.15) is 0 Å². The summed E-state index contributed by atoms with van der Waals surface area (Å²) in [6, 6.07) is 16.0. The van der Waals surface area contributed by atoms with Gasteiger partial charge in [-0.15, -0.1) is 0 Å². The number of aromatic amines is 1. The predicted molar refractivity (Wildman–Crippen MR) is 97.5 cm³/mol. The Kier molecular flexibility index (Phi) is 4.25. The number of aromatic nitrogens is 1. The fraction of sp³-hybridized carbons (Fsp3) is 0.263. The summed E-state index contributed by atoms with van der Waals surface area (Å²) >= 11 is 0. The second-order valence-corrected chi connectivity index (χ2v) is 6.26. The lowest BCUT2D eigenvalue weighted by atomic mass is 9.89. The van der Waals surface area contributed by atoms with E-state index >= 15 is 0 Å². The van der Waals surface area contributed by atoms with E-state index in [-0.39, 0.29) is 17.4 Å². The van der Waals surface area contributed by atoms with Crippen LogP contribution in [0.5, 0.6) is 0 Å². The van der Waals surface area contributed by atoms with Gasteiger partial charge >= 0.3 is 0 Å². The van der Waals surface area contributed by atoms with Gasteiger partial charge in [-0.05, 0) is 36.2 Å². The molecule has 0 saturated heterocycles. The molecule has 1 N–H and O–H groups in total. The number of anilines is 1. The van der Waals surface area contributed by atoms with E-state index in [4.69, 9.17) is 0 Å². The van der Waals surface area contributed by atoms with Crippen LogP contribution in [-0.2, 0) is 0 Å². The minimum Gasteiger partial charge on any atom is -0.378 e. The van der Waals surface area contributed by atoms with Crippen LogP contribution < -0.4 is 4.90 Å². The predicted octanol–water partition coefficient (Wildman–Crippen LogP) is 3.95. The van der Waals surface area contributed by atoms with Gasteiger partial charge in [-0.25, -0.2) is 0 Å². The first-order chi connectivity index (χ1) is 11.5. The summed E-state index contributed by atoms with van der Waals surface area (Å²) in [6.45, 7) is 1.86. The molecule has 1 heterocycles. The normalized spacial score (nSPS) is 12.3. The molecule has 3 aromatic rings. The summed E-state index contributed by atoms with van der Waals surface area (Å²) in [5, 5.41) is 12.3. The monoisotopic (exact) mass is 323 g/mol. The smallest absolute Gasteiger partial charge is 0.214 e. The van der Waals surface area contributed by atoms with E-state index in [0.717, 1.165) is 33.4 Å². The number of H-pyrrole nitrogens is 1. The number of fused-ring (bicyclic) bond motifs is 1.